The van der Waals surface area contributed by atoms with E-state index in [0.717, 1.165) is 25.9 Å². The summed E-state index contributed by atoms with van der Waals surface area (Å²) in [4.78, 5) is 13.3. The predicted molar refractivity (Wildman–Crippen MR) is 58.2 cm³/mol. The quantitative estimate of drug-likeness (QED) is 0.740. The van der Waals surface area contributed by atoms with E-state index in [0.29, 0.717) is 6.04 Å². The number of amides is 1. The Kier molecular flexibility index (Phi) is 4.94. The summed E-state index contributed by atoms with van der Waals surface area (Å²) in [6.45, 7) is 7.34. The largest absolute Gasteiger partial charge is 0.354 e. The van der Waals surface area contributed by atoms with Crippen molar-refractivity contribution in [1.82, 2.24) is 10.2 Å². The van der Waals surface area contributed by atoms with Crippen LogP contribution < -0.4 is 5.32 Å². The summed E-state index contributed by atoms with van der Waals surface area (Å²) in [6.07, 6.45) is 4.79. The highest BCUT2D eigenvalue weighted by Crippen LogP contribution is 2.10. The van der Waals surface area contributed by atoms with Gasteiger partial charge in [0.1, 0.15) is 0 Å². The molecule has 1 saturated heterocycles. The van der Waals surface area contributed by atoms with Gasteiger partial charge >= 0.3 is 0 Å². The van der Waals surface area contributed by atoms with E-state index in [-0.39, 0.29) is 5.91 Å². The lowest BCUT2D eigenvalue weighted by Crippen LogP contribution is -2.44. The molecule has 0 aromatic heterocycles. The normalized spacial score (nSPS) is 19.6. The Bertz CT molecular complexity index is 174. The smallest absolute Gasteiger partial charge is 0.217 e. The molecule has 0 spiro atoms. The Morgan fingerprint density at radius 2 is 2.07 bits per heavy atom. The monoisotopic (exact) mass is 198 g/mol. The lowest BCUT2D eigenvalue weighted by Gasteiger charge is -2.32. The summed E-state index contributed by atoms with van der Waals surface area (Å²) < 4.78 is 0. The summed E-state index contributed by atoms with van der Waals surface area (Å²) in [5.74, 6) is 0.108. The topological polar surface area (TPSA) is 32.3 Å². The van der Waals surface area contributed by atoms with Gasteiger partial charge < -0.3 is 10.2 Å². The lowest BCUT2D eigenvalue weighted by atomic mass is 10.0. The zero-order chi connectivity index (χ0) is 10.4. The molecule has 1 N–H and O–H groups in total. The van der Waals surface area contributed by atoms with Crippen LogP contribution in [0.15, 0.2) is 0 Å². The highest BCUT2D eigenvalue weighted by Gasteiger charge is 2.18. The maximum Gasteiger partial charge on any atom is 0.217 e. The summed E-state index contributed by atoms with van der Waals surface area (Å²) in [5, 5.41) is 2.99. The molecule has 0 saturated carbocycles. The fraction of sp³-hybridized carbons (Fsp3) is 0.909. The molecule has 14 heavy (non-hydrogen) atoms. The average Bonchev–Trinajstić information content (AvgIpc) is 2.16. The molecule has 0 radical (unpaired) electrons. The van der Waals surface area contributed by atoms with Crippen molar-refractivity contribution in [2.24, 2.45) is 0 Å². The number of nitrogens with one attached hydrogen (secondary N) is 1. The van der Waals surface area contributed by atoms with E-state index in [1.165, 1.54) is 19.4 Å². The molecule has 1 fully saturated rings. The van der Waals surface area contributed by atoms with Crippen LogP contribution in [0.5, 0.6) is 0 Å². The maximum atomic E-state index is 10.8. The first-order valence-corrected chi connectivity index (χ1v) is 5.72. The minimum atomic E-state index is 0.108. The van der Waals surface area contributed by atoms with Gasteiger partial charge in [0.15, 0.2) is 0 Å². The highest BCUT2D eigenvalue weighted by molar-refractivity contribution is 5.73. The Morgan fingerprint density at radius 1 is 1.43 bits per heavy atom. The molecule has 1 aliphatic heterocycles. The number of carbonyl (C=O) groups excluding carboxylic acids is 1. The third-order valence-corrected chi connectivity index (χ3v) is 2.82. The minimum absolute atomic E-state index is 0.108. The summed E-state index contributed by atoms with van der Waals surface area (Å²) >= 11 is 0. The van der Waals surface area contributed by atoms with Crippen molar-refractivity contribution in [2.45, 2.75) is 45.6 Å². The molecule has 1 aliphatic rings. The van der Waals surface area contributed by atoms with Crippen molar-refractivity contribution in [3.63, 3.8) is 0 Å². The van der Waals surface area contributed by atoms with Gasteiger partial charge in [-0.2, -0.15) is 0 Å². The molecule has 0 unspecified atom stereocenters. The van der Waals surface area contributed by atoms with E-state index in [1.54, 1.807) is 6.92 Å². The average molecular weight is 198 g/mol. The second-order valence-electron chi connectivity index (χ2n) is 4.17. The summed E-state index contributed by atoms with van der Waals surface area (Å²) in [5.41, 5.74) is 0. The number of unbranched alkanes of at least 4 members (excludes halogenated alkanes) is 1. The first-order chi connectivity index (χ1) is 6.72. The third-order valence-electron chi connectivity index (χ3n) is 2.82. The molecule has 1 heterocycles. The van der Waals surface area contributed by atoms with Crippen LogP contribution >= 0.6 is 0 Å². The van der Waals surface area contributed by atoms with Gasteiger partial charge in [0.2, 0.25) is 5.91 Å². The van der Waals surface area contributed by atoms with Crippen LogP contribution in [0.3, 0.4) is 0 Å². The molecule has 1 rings (SSSR count). The van der Waals surface area contributed by atoms with Crippen molar-refractivity contribution in [3.8, 4) is 0 Å². The van der Waals surface area contributed by atoms with Gasteiger partial charge in [0, 0.05) is 26.1 Å². The fourth-order valence-electron chi connectivity index (χ4n) is 1.97. The van der Waals surface area contributed by atoms with Crippen molar-refractivity contribution in [3.05, 3.63) is 0 Å². The van der Waals surface area contributed by atoms with Crippen LogP contribution in [0.2, 0.25) is 0 Å². The van der Waals surface area contributed by atoms with Gasteiger partial charge in [-0.3, -0.25) is 4.79 Å². The first kappa shape index (κ1) is 11.5. The third kappa shape index (κ3) is 4.09. The second-order valence-corrected chi connectivity index (χ2v) is 4.17. The Balaban J connectivity index is 2.14. The number of piperidine rings is 1. The Morgan fingerprint density at radius 3 is 2.57 bits per heavy atom. The molecular weight excluding hydrogens is 176 g/mol. The van der Waals surface area contributed by atoms with Gasteiger partial charge in [0.05, 0.1) is 0 Å². The molecule has 0 aromatic carbocycles. The molecule has 0 atom stereocenters. The van der Waals surface area contributed by atoms with E-state index in [2.05, 4.69) is 17.1 Å². The standard InChI is InChI=1S/C11H22N2O/c1-3-4-7-13-8-5-11(6-9-13)12-10(2)14/h11H,3-9H2,1-2H3,(H,12,14). The second kappa shape index (κ2) is 6.02. The zero-order valence-corrected chi connectivity index (χ0v) is 9.38. The molecule has 1 amide bonds. The number of likely N-dealkylation sites (tertiary alicyclic amines) is 1. The highest BCUT2D eigenvalue weighted by atomic mass is 16.1. The molecule has 3 heteroatoms. The molecule has 82 valence electrons. The Labute approximate surface area is 86.9 Å². The fourth-order valence-corrected chi connectivity index (χ4v) is 1.97. The number of carbonyl (C=O) groups is 1. The van der Waals surface area contributed by atoms with Crippen LogP contribution in [0.1, 0.15) is 39.5 Å². The van der Waals surface area contributed by atoms with E-state index >= 15 is 0 Å². The van der Waals surface area contributed by atoms with Crippen LogP contribution in [-0.2, 0) is 4.79 Å². The van der Waals surface area contributed by atoms with Crippen LogP contribution in [0.25, 0.3) is 0 Å². The number of nitrogens with zero attached hydrogens (tertiary/aromatic N) is 1. The van der Waals surface area contributed by atoms with Crippen molar-refractivity contribution >= 4 is 5.91 Å². The molecule has 3 nitrogen and oxygen atoms in total. The van der Waals surface area contributed by atoms with E-state index in [9.17, 15) is 4.79 Å². The van der Waals surface area contributed by atoms with Crippen LogP contribution in [0.4, 0.5) is 0 Å². The zero-order valence-electron chi connectivity index (χ0n) is 9.38. The van der Waals surface area contributed by atoms with Crippen molar-refractivity contribution in [1.29, 1.82) is 0 Å². The maximum absolute atomic E-state index is 10.8. The lowest BCUT2D eigenvalue weighted by molar-refractivity contribution is -0.119. The summed E-state index contributed by atoms with van der Waals surface area (Å²) in [7, 11) is 0. The van der Waals surface area contributed by atoms with E-state index < -0.39 is 0 Å². The van der Waals surface area contributed by atoms with E-state index in [1.807, 2.05) is 0 Å². The molecule has 0 aliphatic carbocycles. The van der Waals surface area contributed by atoms with Gasteiger partial charge in [-0.1, -0.05) is 13.3 Å². The summed E-state index contributed by atoms with van der Waals surface area (Å²) in [6, 6.07) is 0.422. The number of rotatable bonds is 4. The molecule has 0 aromatic rings. The van der Waals surface area contributed by atoms with Crippen molar-refractivity contribution < 1.29 is 4.79 Å². The number of hydrogen-bond donors (Lipinski definition) is 1. The van der Waals surface area contributed by atoms with Gasteiger partial charge in [-0.05, 0) is 25.8 Å². The first-order valence-electron chi connectivity index (χ1n) is 5.72. The van der Waals surface area contributed by atoms with Gasteiger partial charge in [-0.25, -0.2) is 0 Å². The Hall–Kier alpha value is -0.570. The number of hydrogen-bond acceptors (Lipinski definition) is 2. The SMILES string of the molecule is CCCCN1CCC(NC(C)=O)CC1. The minimum Gasteiger partial charge on any atom is -0.354 e. The predicted octanol–water partition coefficient (Wildman–Crippen LogP) is 1.39. The van der Waals surface area contributed by atoms with E-state index in [4.69, 9.17) is 0 Å². The molecule has 0 bridgehead atoms. The van der Waals surface area contributed by atoms with Gasteiger partial charge in [-0.15, -0.1) is 0 Å². The van der Waals surface area contributed by atoms with Crippen molar-refractivity contribution in [2.75, 3.05) is 19.6 Å². The van der Waals surface area contributed by atoms with Gasteiger partial charge in [0.25, 0.3) is 0 Å². The molecular formula is C11H22N2O. The van der Waals surface area contributed by atoms with Crippen LogP contribution in [-0.4, -0.2) is 36.5 Å². The van der Waals surface area contributed by atoms with Crippen LogP contribution in [0, 0.1) is 0 Å².